The van der Waals surface area contributed by atoms with E-state index in [-0.39, 0.29) is 18.2 Å². The minimum atomic E-state index is -0.740. The minimum absolute atomic E-state index is 0.188. The molecule has 2 aromatic heterocycles. The maximum absolute atomic E-state index is 12.7. The summed E-state index contributed by atoms with van der Waals surface area (Å²) in [7, 11) is 1.87. The molecule has 2 aromatic carbocycles. The van der Waals surface area contributed by atoms with E-state index in [4.69, 9.17) is 5.11 Å². The molecule has 1 unspecified atom stereocenters. The number of aryl methyl sites for hydroxylation is 1. The Morgan fingerprint density at radius 1 is 1.25 bits per heavy atom. The van der Waals surface area contributed by atoms with Crippen molar-refractivity contribution in [3.63, 3.8) is 0 Å². The van der Waals surface area contributed by atoms with Crippen LogP contribution in [0.5, 0.6) is 0 Å². The maximum atomic E-state index is 12.7. The molecule has 4 aromatic rings. The molecular formula is C23H24N6O3. The first-order valence-electron chi connectivity index (χ1n) is 10.6. The summed E-state index contributed by atoms with van der Waals surface area (Å²) in [5, 5.41) is 17.1. The number of hydrogen-bond acceptors (Lipinski definition) is 5. The number of amides is 1. The number of nitrogens with one attached hydrogen (secondary N) is 2. The first-order chi connectivity index (χ1) is 15.4. The number of aromatic nitrogens is 4. The third-order valence-electron chi connectivity index (χ3n) is 6.00. The number of aliphatic carboxylic acids is 1. The van der Waals surface area contributed by atoms with Crippen molar-refractivity contribution in [1.29, 1.82) is 0 Å². The monoisotopic (exact) mass is 432 g/mol. The highest BCUT2D eigenvalue weighted by Crippen LogP contribution is 2.23. The summed E-state index contributed by atoms with van der Waals surface area (Å²) in [6, 6.07) is 11.1. The second kappa shape index (κ2) is 8.08. The second-order valence-electron chi connectivity index (χ2n) is 8.40. The van der Waals surface area contributed by atoms with E-state index in [1.165, 1.54) is 0 Å². The van der Waals surface area contributed by atoms with Crippen molar-refractivity contribution in [1.82, 2.24) is 24.6 Å². The van der Waals surface area contributed by atoms with Crippen LogP contribution in [0.3, 0.4) is 0 Å². The van der Waals surface area contributed by atoms with Crippen molar-refractivity contribution in [2.24, 2.45) is 13.0 Å². The fourth-order valence-electron chi connectivity index (χ4n) is 4.40. The van der Waals surface area contributed by atoms with E-state index < -0.39 is 5.97 Å². The maximum Gasteiger partial charge on any atom is 0.303 e. The number of rotatable bonds is 6. The van der Waals surface area contributed by atoms with Crippen LogP contribution in [0.4, 0.5) is 5.69 Å². The fourth-order valence-corrected chi connectivity index (χ4v) is 4.40. The Balaban J connectivity index is 1.27. The van der Waals surface area contributed by atoms with Gasteiger partial charge in [0.1, 0.15) is 5.82 Å². The predicted octanol–water partition coefficient (Wildman–Crippen LogP) is 3.00. The zero-order valence-electron chi connectivity index (χ0n) is 17.7. The van der Waals surface area contributed by atoms with Crippen LogP contribution < -0.4 is 5.32 Å². The first-order valence-corrected chi connectivity index (χ1v) is 10.6. The lowest BCUT2D eigenvalue weighted by Gasteiger charge is -2.13. The van der Waals surface area contributed by atoms with Gasteiger partial charge < -0.3 is 15.4 Å². The molecule has 9 heteroatoms. The topological polar surface area (TPSA) is 116 Å². The van der Waals surface area contributed by atoms with Gasteiger partial charge in [-0.2, -0.15) is 5.10 Å². The number of carboxylic acid groups (broad SMARTS) is 1. The van der Waals surface area contributed by atoms with E-state index in [0.717, 1.165) is 47.3 Å². The van der Waals surface area contributed by atoms with Crippen LogP contribution in [0, 0.1) is 5.92 Å². The van der Waals surface area contributed by atoms with Gasteiger partial charge in [-0.3, -0.25) is 19.2 Å². The van der Waals surface area contributed by atoms with E-state index in [1.807, 2.05) is 37.4 Å². The Morgan fingerprint density at radius 3 is 2.97 bits per heavy atom. The van der Waals surface area contributed by atoms with Crippen LogP contribution in [-0.4, -0.2) is 54.7 Å². The van der Waals surface area contributed by atoms with Gasteiger partial charge in [-0.1, -0.05) is 0 Å². The Bertz CT molecular complexity index is 1320. The number of imidazole rings is 1. The Kier molecular flexibility index (Phi) is 5.10. The summed E-state index contributed by atoms with van der Waals surface area (Å²) in [5.41, 5.74) is 3.89. The number of aromatic amines is 1. The van der Waals surface area contributed by atoms with Crippen LogP contribution in [-0.2, 0) is 18.4 Å². The Hall–Kier alpha value is -3.72. The molecule has 0 bridgehead atoms. The zero-order valence-corrected chi connectivity index (χ0v) is 17.7. The van der Waals surface area contributed by atoms with Crippen LogP contribution in [0.15, 0.2) is 42.6 Å². The van der Waals surface area contributed by atoms with Crippen molar-refractivity contribution in [3.8, 4) is 0 Å². The number of carbonyl (C=O) groups is 2. The van der Waals surface area contributed by atoms with Gasteiger partial charge in [0.2, 0.25) is 0 Å². The molecule has 0 spiro atoms. The molecule has 9 nitrogen and oxygen atoms in total. The van der Waals surface area contributed by atoms with Crippen molar-refractivity contribution in [2.45, 2.75) is 19.4 Å². The average Bonchev–Trinajstić information content (AvgIpc) is 3.46. The van der Waals surface area contributed by atoms with Crippen LogP contribution in [0.2, 0.25) is 0 Å². The quantitative estimate of drug-likeness (QED) is 0.431. The van der Waals surface area contributed by atoms with Crippen LogP contribution in [0.25, 0.3) is 21.9 Å². The smallest absolute Gasteiger partial charge is 0.303 e. The Labute approximate surface area is 184 Å². The summed E-state index contributed by atoms with van der Waals surface area (Å²) in [6.07, 6.45) is 2.86. The molecule has 3 N–H and O–H groups in total. The molecule has 0 saturated carbocycles. The highest BCUT2D eigenvalue weighted by molar-refractivity contribution is 6.06. The number of likely N-dealkylation sites (tertiary alicyclic amines) is 1. The lowest BCUT2D eigenvalue weighted by molar-refractivity contribution is -0.138. The van der Waals surface area contributed by atoms with Gasteiger partial charge in [-0.05, 0) is 55.3 Å². The summed E-state index contributed by atoms with van der Waals surface area (Å²) in [6.45, 7) is 2.29. The SMILES string of the molecule is Cn1ncc2cc(C(=O)Nc3ccc4[nH]c(CN5CCC(CC(=O)O)C5)nc4c3)ccc21. The number of hydrogen-bond donors (Lipinski definition) is 3. The van der Waals surface area contributed by atoms with Gasteiger partial charge in [-0.25, -0.2) is 4.98 Å². The van der Waals surface area contributed by atoms with E-state index in [1.54, 1.807) is 16.9 Å². The molecule has 5 rings (SSSR count). The average molecular weight is 432 g/mol. The Morgan fingerprint density at radius 2 is 2.12 bits per heavy atom. The third kappa shape index (κ3) is 4.06. The number of anilines is 1. The van der Waals surface area contributed by atoms with E-state index >= 15 is 0 Å². The minimum Gasteiger partial charge on any atom is -0.481 e. The van der Waals surface area contributed by atoms with Gasteiger partial charge in [-0.15, -0.1) is 0 Å². The number of benzene rings is 2. The highest BCUT2D eigenvalue weighted by atomic mass is 16.4. The van der Waals surface area contributed by atoms with Crippen LogP contribution >= 0.6 is 0 Å². The van der Waals surface area contributed by atoms with E-state index in [2.05, 4.69) is 25.3 Å². The predicted molar refractivity (Wildman–Crippen MR) is 120 cm³/mol. The summed E-state index contributed by atoms with van der Waals surface area (Å²) in [5.74, 6) is 0.106. The number of carbonyl (C=O) groups excluding carboxylic acids is 1. The number of H-pyrrole nitrogens is 1. The van der Waals surface area contributed by atoms with E-state index in [0.29, 0.717) is 17.8 Å². The lowest BCUT2D eigenvalue weighted by atomic mass is 10.1. The standard InChI is InChI=1S/C23H24N6O3/c1-28-20-5-2-15(9-16(20)11-24-28)23(32)25-17-3-4-18-19(10-17)27-21(26-18)13-29-7-6-14(12-29)8-22(30)31/h2-5,9-11,14H,6-8,12-13H2,1H3,(H,25,32)(H,26,27)(H,30,31). The summed E-state index contributed by atoms with van der Waals surface area (Å²) >= 11 is 0. The van der Waals surface area contributed by atoms with Gasteiger partial charge in [0.25, 0.3) is 5.91 Å². The van der Waals surface area contributed by atoms with Gasteiger partial charge >= 0.3 is 5.97 Å². The highest BCUT2D eigenvalue weighted by Gasteiger charge is 2.25. The molecular weight excluding hydrogens is 408 g/mol. The second-order valence-corrected chi connectivity index (χ2v) is 8.40. The molecule has 0 aliphatic carbocycles. The third-order valence-corrected chi connectivity index (χ3v) is 6.00. The van der Waals surface area contributed by atoms with Crippen molar-refractivity contribution < 1.29 is 14.7 Å². The van der Waals surface area contributed by atoms with Gasteiger partial charge in [0.05, 0.1) is 29.3 Å². The number of nitrogens with zero attached hydrogens (tertiary/aromatic N) is 4. The molecule has 164 valence electrons. The number of carboxylic acids is 1. The molecule has 1 amide bonds. The largest absolute Gasteiger partial charge is 0.481 e. The zero-order chi connectivity index (χ0) is 22.2. The van der Waals surface area contributed by atoms with Gasteiger partial charge in [0.15, 0.2) is 0 Å². The normalized spacial score (nSPS) is 16.7. The van der Waals surface area contributed by atoms with Crippen molar-refractivity contribution in [2.75, 3.05) is 18.4 Å². The van der Waals surface area contributed by atoms with Gasteiger partial charge in [0, 0.05) is 36.7 Å². The fraction of sp³-hybridized carbons (Fsp3) is 0.304. The molecule has 0 radical (unpaired) electrons. The molecule has 1 aliphatic heterocycles. The molecule has 1 saturated heterocycles. The lowest BCUT2D eigenvalue weighted by Crippen LogP contribution is -2.21. The number of fused-ring (bicyclic) bond motifs is 2. The summed E-state index contributed by atoms with van der Waals surface area (Å²) in [4.78, 5) is 33.9. The molecule has 3 heterocycles. The molecule has 32 heavy (non-hydrogen) atoms. The first kappa shape index (κ1) is 20.2. The van der Waals surface area contributed by atoms with Crippen molar-refractivity contribution in [3.05, 3.63) is 54.0 Å². The van der Waals surface area contributed by atoms with E-state index in [9.17, 15) is 9.59 Å². The van der Waals surface area contributed by atoms with Crippen LogP contribution in [0.1, 0.15) is 29.0 Å². The molecule has 1 atom stereocenters. The molecule has 1 fully saturated rings. The van der Waals surface area contributed by atoms with Crippen molar-refractivity contribution >= 4 is 39.5 Å². The molecule has 1 aliphatic rings. The summed E-state index contributed by atoms with van der Waals surface area (Å²) < 4.78 is 1.77.